The van der Waals surface area contributed by atoms with Crippen molar-refractivity contribution in [2.24, 2.45) is 0 Å². The molecule has 2 atom stereocenters. The first-order valence-corrected chi connectivity index (χ1v) is 9.70. The third-order valence-electron chi connectivity index (χ3n) is 5.04. The zero-order chi connectivity index (χ0) is 20.5. The van der Waals surface area contributed by atoms with Gasteiger partial charge < -0.3 is 10.0 Å². The van der Waals surface area contributed by atoms with Gasteiger partial charge in [0.2, 0.25) is 0 Å². The fourth-order valence-corrected chi connectivity index (χ4v) is 4.31. The number of fused-ring (bicyclic) bond motifs is 1. The summed E-state index contributed by atoms with van der Waals surface area (Å²) < 4.78 is 0. The number of nitrogens with zero attached hydrogens (tertiary/aromatic N) is 2. The van der Waals surface area contributed by atoms with Crippen molar-refractivity contribution >= 4 is 35.1 Å². The number of hydrogen-bond acceptors (Lipinski definition) is 3. The smallest absolute Gasteiger partial charge is 0.313 e. The average Bonchev–Trinajstić information content (AvgIpc) is 2.71. The van der Waals surface area contributed by atoms with E-state index in [4.69, 9.17) is 23.2 Å². The van der Waals surface area contributed by atoms with Crippen molar-refractivity contribution in [1.29, 1.82) is 0 Å². The van der Waals surface area contributed by atoms with Crippen LogP contribution in [0.5, 0.6) is 0 Å². The van der Waals surface area contributed by atoms with E-state index >= 15 is 0 Å². The molecule has 146 valence electrons. The molecule has 0 fully saturated rings. The van der Waals surface area contributed by atoms with Crippen LogP contribution in [-0.2, 0) is 11.3 Å². The van der Waals surface area contributed by atoms with Crippen LogP contribution in [0.3, 0.4) is 0 Å². The maximum absolute atomic E-state index is 13.4. The standard InChI is InChI=1S/C22H16Cl2N2O3/c23-13-8-9-17(18(24)11-13)20-19(22(28)29)15-6-1-2-7-16(15)21(27)26(20)12-14-5-3-4-10-25-14/h1-11,19-20H,12H2,(H,28,29). The molecule has 7 heteroatoms. The SMILES string of the molecule is O=C(O)C1c2ccccc2C(=O)N(Cc2ccccn2)C1c1ccc(Cl)cc1Cl. The van der Waals surface area contributed by atoms with E-state index in [1.807, 2.05) is 6.07 Å². The van der Waals surface area contributed by atoms with E-state index < -0.39 is 17.9 Å². The van der Waals surface area contributed by atoms with Crippen LogP contribution >= 0.6 is 23.2 Å². The van der Waals surface area contributed by atoms with E-state index in [1.165, 1.54) is 4.90 Å². The van der Waals surface area contributed by atoms with Crippen LogP contribution in [0.2, 0.25) is 10.0 Å². The molecule has 2 heterocycles. The third kappa shape index (κ3) is 3.59. The number of carbonyl (C=O) groups is 2. The third-order valence-corrected chi connectivity index (χ3v) is 5.61. The van der Waals surface area contributed by atoms with Crippen molar-refractivity contribution in [1.82, 2.24) is 9.88 Å². The lowest BCUT2D eigenvalue weighted by molar-refractivity contribution is -0.140. The number of hydrogen-bond donors (Lipinski definition) is 1. The Kier molecular flexibility index (Phi) is 5.26. The number of benzene rings is 2. The zero-order valence-corrected chi connectivity index (χ0v) is 16.6. The highest BCUT2D eigenvalue weighted by Crippen LogP contribution is 2.45. The Morgan fingerprint density at radius 3 is 2.48 bits per heavy atom. The molecular weight excluding hydrogens is 411 g/mol. The monoisotopic (exact) mass is 426 g/mol. The summed E-state index contributed by atoms with van der Waals surface area (Å²) in [5.74, 6) is -2.28. The summed E-state index contributed by atoms with van der Waals surface area (Å²) >= 11 is 12.5. The maximum atomic E-state index is 13.4. The molecule has 5 nitrogen and oxygen atoms in total. The molecule has 2 aromatic carbocycles. The number of aromatic nitrogens is 1. The van der Waals surface area contributed by atoms with Crippen LogP contribution in [0.4, 0.5) is 0 Å². The van der Waals surface area contributed by atoms with Gasteiger partial charge in [-0.3, -0.25) is 14.6 Å². The number of carboxylic acid groups (broad SMARTS) is 1. The van der Waals surface area contributed by atoms with Gasteiger partial charge >= 0.3 is 5.97 Å². The van der Waals surface area contributed by atoms with Crippen molar-refractivity contribution in [3.05, 3.63) is 99.3 Å². The van der Waals surface area contributed by atoms with Gasteiger partial charge in [0.1, 0.15) is 5.92 Å². The Balaban J connectivity index is 1.92. The first kappa shape index (κ1) is 19.4. The van der Waals surface area contributed by atoms with Gasteiger partial charge in [-0.2, -0.15) is 0 Å². The molecule has 0 saturated heterocycles. The lowest BCUT2D eigenvalue weighted by Gasteiger charge is -2.41. The van der Waals surface area contributed by atoms with Crippen LogP contribution in [-0.4, -0.2) is 26.9 Å². The normalized spacial score (nSPS) is 18.4. The van der Waals surface area contributed by atoms with Crippen LogP contribution in [0.1, 0.15) is 39.1 Å². The molecule has 1 aliphatic heterocycles. The van der Waals surface area contributed by atoms with Crippen molar-refractivity contribution in [3.63, 3.8) is 0 Å². The number of amides is 1. The molecule has 1 N–H and O–H groups in total. The number of carboxylic acids is 1. The van der Waals surface area contributed by atoms with Gasteiger partial charge in [-0.1, -0.05) is 53.5 Å². The number of aliphatic carboxylic acids is 1. The van der Waals surface area contributed by atoms with Gasteiger partial charge in [-0.15, -0.1) is 0 Å². The first-order valence-electron chi connectivity index (χ1n) is 8.95. The molecule has 0 bridgehead atoms. The van der Waals surface area contributed by atoms with E-state index in [-0.39, 0.29) is 12.5 Å². The lowest BCUT2D eigenvalue weighted by Crippen LogP contribution is -2.44. The molecule has 4 rings (SSSR count). The Morgan fingerprint density at radius 2 is 1.79 bits per heavy atom. The van der Waals surface area contributed by atoms with Crippen LogP contribution < -0.4 is 0 Å². The number of rotatable bonds is 4. The second-order valence-corrected chi connectivity index (χ2v) is 7.61. The van der Waals surface area contributed by atoms with Crippen LogP contribution in [0.15, 0.2) is 66.9 Å². The summed E-state index contributed by atoms with van der Waals surface area (Å²) in [7, 11) is 0. The highest BCUT2D eigenvalue weighted by Gasteiger charge is 2.45. The molecule has 1 aliphatic rings. The minimum absolute atomic E-state index is 0.154. The fourth-order valence-electron chi connectivity index (χ4n) is 3.79. The molecule has 29 heavy (non-hydrogen) atoms. The van der Waals surface area contributed by atoms with Crippen LogP contribution in [0.25, 0.3) is 0 Å². The van der Waals surface area contributed by atoms with E-state index in [9.17, 15) is 14.7 Å². The van der Waals surface area contributed by atoms with Gasteiger partial charge in [-0.25, -0.2) is 0 Å². The van der Waals surface area contributed by atoms with Crippen molar-refractivity contribution < 1.29 is 14.7 Å². The molecular formula is C22H16Cl2N2O3. The number of halogens is 2. The first-order chi connectivity index (χ1) is 14.0. The average molecular weight is 427 g/mol. The van der Waals surface area contributed by atoms with Gasteiger partial charge in [0.15, 0.2) is 0 Å². The van der Waals surface area contributed by atoms with Crippen LogP contribution in [0, 0.1) is 0 Å². The van der Waals surface area contributed by atoms with Gasteiger partial charge in [0.25, 0.3) is 5.91 Å². The van der Waals surface area contributed by atoms with Gasteiger partial charge in [0, 0.05) is 21.8 Å². The number of carbonyl (C=O) groups excluding carboxylic acids is 1. The minimum atomic E-state index is -1.04. The van der Waals surface area contributed by atoms with Crippen molar-refractivity contribution in [3.8, 4) is 0 Å². The summed E-state index contributed by atoms with van der Waals surface area (Å²) in [6, 6.07) is 16.3. The van der Waals surface area contributed by atoms with Crippen molar-refractivity contribution in [2.45, 2.75) is 18.5 Å². The van der Waals surface area contributed by atoms with Gasteiger partial charge in [-0.05, 0) is 41.5 Å². The molecule has 0 spiro atoms. The molecule has 0 radical (unpaired) electrons. The predicted octanol–water partition coefficient (Wildman–Crippen LogP) is 4.95. The maximum Gasteiger partial charge on any atom is 0.313 e. The molecule has 2 unspecified atom stereocenters. The second kappa shape index (κ2) is 7.85. The number of pyridine rings is 1. The van der Waals surface area contributed by atoms with E-state index in [0.717, 1.165) is 0 Å². The molecule has 1 aromatic heterocycles. The summed E-state index contributed by atoms with van der Waals surface area (Å²) in [5, 5.41) is 10.9. The van der Waals surface area contributed by atoms with Gasteiger partial charge in [0.05, 0.1) is 18.3 Å². The Labute approximate surface area is 177 Å². The molecule has 3 aromatic rings. The topological polar surface area (TPSA) is 70.5 Å². The Morgan fingerprint density at radius 1 is 1.03 bits per heavy atom. The molecule has 1 amide bonds. The summed E-state index contributed by atoms with van der Waals surface area (Å²) in [5.41, 5.74) is 2.03. The molecule has 0 aliphatic carbocycles. The van der Waals surface area contributed by atoms with E-state index in [2.05, 4.69) is 4.98 Å². The highest BCUT2D eigenvalue weighted by atomic mass is 35.5. The second-order valence-electron chi connectivity index (χ2n) is 6.77. The molecule has 0 saturated carbocycles. The van der Waals surface area contributed by atoms with E-state index in [1.54, 1.807) is 60.8 Å². The summed E-state index contributed by atoms with van der Waals surface area (Å²) in [6.07, 6.45) is 1.64. The van der Waals surface area contributed by atoms with Crippen molar-refractivity contribution in [2.75, 3.05) is 0 Å². The fraction of sp³-hybridized carbons (Fsp3) is 0.136. The summed E-state index contributed by atoms with van der Waals surface area (Å²) in [4.78, 5) is 31.6. The van der Waals surface area contributed by atoms with E-state index in [0.29, 0.717) is 32.4 Å². The summed E-state index contributed by atoms with van der Waals surface area (Å²) in [6.45, 7) is 0.154. The quantitative estimate of drug-likeness (QED) is 0.640. The lowest BCUT2D eigenvalue weighted by atomic mass is 9.79. The Hall–Kier alpha value is -2.89. The largest absolute Gasteiger partial charge is 0.481 e. The minimum Gasteiger partial charge on any atom is -0.481 e. The highest BCUT2D eigenvalue weighted by molar-refractivity contribution is 6.35. The Bertz CT molecular complexity index is 1090. The predicted molar refractivity (Wildman–Crippen MR) is 110 cm³/mol. The zero-order valence-electron chi connectivity index (χ0n) is 15.1.